The van der Waals surface area contributed by atoms with Crippen LogP contribution in [0.25, 0.3) is 0 Å². The molecule has 1 saturated heterocycles. The molecule has 3 amide bonds. The second-order valence-electron chi connectivity index (χ2n) is 6.31. The summed E-state index contributed by atoms with van der Waals surface area (Å²) in [6.07, 6.45) is 4.82. The highest BCUT2D eigenvalue weighted by molar-refractivity contribution is 6.22. The Hall–Kier alpha value is -3.06. The number of hydrogen-bond acceptors (Lipinski definition) is 5. The molecule has 1 atom stereocenters. The number of fused-ring (bicyclic) bond motifs is 1. The van der Waals surface area contributed by atoms with Crippen LogP contribution >= 0.6 is 0 Å². The molecule has 1 aromatic carbocycles. The zero-order chi connectivity index (χ0) is 18.1. The highest BCUT2D eigenvalue weighted by Crippen LogP contribution is 2.26. The third-order valence-corrected chi connectivity index (χ3v) is 4.58. The summed E-state index contributed by atoms with van der Waals surface area (Å²) in [5.74, 6) is -1.06. The number of aromatic nitrogens is 1. The molecule has 0 unspecified atom stereocenters. The van der Waals surface area contributed by atoms with E-state index in [0.717, 1.165) is 12.8 Å². The highest BCUT2D eigenvalue weighted by atomic mass is 16.5. The molecule has 2 aromatic rings. The van der Waals surface area contributed by atoms with Gasteiger partial charge in [0.05, 0.1) is 23.8 Å². The lowest BCUT2D eigenvalue weighted by atomic mass is 10.1. The summed E-state index contributed by atoms with van der Waals surface area (Å²) in [6.45, 7) is 0.915. The average molecular weight is 351 g/mol. The minimum Gasteiger partial charge on any atom is -0.376 e. The van der Waals surface area contributed by atoms with E-state index in [0.29, 0.717) is 23.4 Å². The Morgan fingerprint density at radius 1 is 1.15 bits per heavy atom. The normalized spacial score (nSPS) is 18.9. The van der Waals surface area contributed by atoms with Gasteiger partial charge >= 0.3 is 0 Å². The van der Waals surface area contributed by atoms with Crippen molar-refractivity contribution in [2.75, 3.05) is 18.5 Å². The van der Waals surface area contributed by atoms with E-state index >= 15 is 0 Å². The van der Waals surface area contributed by atoms with Crippen molar-refractivity contribution in [3.8, 4) is 0 Å². The van der Waals surface area contributed by atoms with Crippen LogP contribution in [-0.2, 0) is 4.74 Å². The molecule has 2 aliphatic rings. The standard InChI is InChI=1S/C19H17N3O4/c23-17(21-13-5-7-20-8-6-13)12-3-4-15-16(10-12)19(25)22(18(15)24)11-14-2-1-9-26-14/h3-8,10,14H,1-2,9,11H2,(H,20,21,23)/t14-/m1/s1. The maximum atomic E-state index is 12.6. The van der Waals surface area contributed by atoms with Crippen LogP contribution in [0.5, 0.6) is 0 Å². The molecule has 132 valence electrons. The molecule has 7 heteroatoms. The molecule has 0 saturated carbocycles. The van der Waals surface area contributed by atoms with Crippen molar-refractivity contribution in [1.29, 1.82) is 0 Å². The molecule has 1 N–H and O–H groups in total. The molecule has 0 spiro atoms. The molecule has 26 heavy (non-hydrogen) atoms. The first kappa shape index (κ1) is 16.4. The van der Waals surface area contributed by atoms with Gasteiger partial charge < -0.3 is 10.1 Å². The number of nitrogens with one attached hydrogen (secondary N) is 1. The number of ether oxygens (including phenoxy) is 1. The minimum atomic E-state index is -0.376. The largest absolute Gasteiger partial charge is 0.376 e. The van der Waals surface area contributed by atoms with Crippen molar-refractivity contribution in [3.63, 3.8) is 0 Å². The van der Waals surface area contributed by atoms with Crippen molar-refractivity contribution in [2.24, 2.45) is 0 Å². The fourth-order valence-corrected chi connectivity index (χ4v) is 3.23. The molecule has 3 heterocycles. The van der Waals surface area contributed by atoms with E-state index < -0.39 is 0 Å². The molecule has 7 nitrogen and oxygen atoms in total. The zero-order valence-electron chi connectivity index (χ0n) is 14.0. The van der Waals surface area contributed by atoms with Crippen LogP contribution in [0.3, 0.4) is 0 Å². The number of rotatable bonds is 4. The predicted octanol–water partition coefficient (Wildman–Crippen LogP) is 2.11. The highest BCUT2D eigenvalue weighted by Gasteiger charge is 2.37. The third-order valence-electron chi connectivity index (χ3n) is 4.58. The number of hydrogen-bond donors (Lipinski definition) is 1. The maximum Gasteiger partial charge on any atom is 0.261 e. The van der Waals surface area contributed by atoms with Gasteiger partial charge in [-0.3, -0.25) is 24.3 Å². The number of carbonyl (C=O) groups excluding carboxylic acids is 3. The van der Waals surface area contributed by atoms with Gasteiger partial charge in [0.2, 0.25) is 0 Å². The molecule has 0 aliphatic carbocycles. The maximum absolute atomic E-state index is 12.6. The van der Waals surface area contributed by atoms with Crippen molar-refractivity contribution in [1.82, 2.24) is 9.88 Å². The van der Waals surface area contributed by atoms with Gasteiger partial charge in [-0.15, -0.1) is 0 Å². The summed E-state index contributed by atoms with van der Waals surface area (Å²) in [6, 6.07) is 7.90. The van der Waals surface area contributed by atoms with Crippen molar-refractivity contribution >= 4 is 23.4 Å². The van der Waals surface area contributed by atoms with Crippen molar-refractivity contribution in [3.05, 3.63) is 59.4 Å². The van der Waals surface area contributed by atoms with Crippen molar-refractivity contribution < 1.29 is 19.1 Å². The monoisotopic (exact) mass is 351 g/mol. The SMILES string of the molecule is O=C(Nc1ccncc1)c1ccc2c(c1)C(=O)N(C[C@H]1CCCO1)C2=O. The lowest BCUT2D eigenvalue weighted by molar-refractivity contribution is 0.0475. The van der Waals surface area contributed by atoms with Crippen LogP contribution in [0.4, 0.5) is 5.69 Å². The lowest BCUT2D eigenvalue weighted by Crippen LogP contribution is -2.36. The third kappa shape index (κ3) is 2.97. The van der Waals surface area contributed by atoms with E-state index in [-0.39, 0.29) is 35.9 Å². The summed E-state index contributed by atoms with van der Waals surface area (Å²) in [5.41, 5.74) is 1.51. The van der Waals surface area contributed by atoms with E-state index in [9.17, 15) is 14.4 Å². The Balaban J connectivity index is 1.54. The fraction of sp³-hybridized carbons (Fsp3) is 0.263. The first-order valence-corrected chi connectivity index (χ1v) is 8.47. The van der Waals surface area contributed by atoms with Crippen LogP contribution in [0.2, 0.25) is 0 Å². The van der Waals surface area contributed by atoms with Gasteiger partial charge in [0.1, 0.15) is 0 Å². The van der Waals surface area contributed by atoms with Gasteiger partial charge in [-0.2, -0.15) is 0 Å². The number of carbonyl (C=O) groups is 3. The van der Waals surface area contributed by atoms with E-state index in [4.69, 9.17) is 4.74 Å². The Labute approximate surface area is 150 Å². The fourth-order valence-electron chi connectivity index (χ4n) is 3.23. The molecule has 1 aromatic heterocycles. The van der Waals surface area contributed by atoms with Crippen LogP contribution in [0.15, 0.2) is 42.7 Å². The van der Waals surface area contributed by atoms with E-state index in [1.54, 1.807) is 30.6 Å². The Morgan fingerprint density at radius 3 is 2.65 bits per heavy atom. The Kier molecular flexibility index (Phi) is 4.22. The quantitative estimate of drug-likeness (QED) is 0.852. The van der Waals surface area contributed by atoms with Crippen LogP contribution in [-0.4, -0.2) is 46.9 Å². The van der Waals surface area contributed by atoms with Crippen LogP contribution in [0.1, 0.15) is 43.9 Å². The molecule has 0 bridgehead atoms. The Bertz CT molecular complexity index is 876. The van der Waals surface area contributed by atoms with Crippen LogP contribution in [0, 0.1) is 0 Å². The van der Waals surface area contributed by atoms with E-state index in [1.807, 2.05) is 0 Å². The summed E-state index contributed by atoms with van der Waals surface area (Å²) in [4.78, 5) is 42.7. The first-order chi connectivity index (χ1) is 12.6. The van der Waals surface area contributed by atoms with Gasteiger partial charge in [-0.1, -0.05) is 0 Å². The van der Waals surface area contributed by atoms with E-state index in [2.05, 4.69) is 10.3 Å². The summed E-state index contributed by atoms with van der Waals surface area (Å²) in [5, 5.41) is 2.74. The average Bonchev–Trinajstić information content (AvgIpc) is 3.25. The molecule has 4 rings (SSSR count). The number of amides is 3. The number of benzene rings is 1. The molecular weight excluding hydrogens is 334 g/mol. The van der Waals surface area contributed by atoms with Crippen molar-refractivity contribution in [2.45, 2.75) is 18.9 Å². The zero-order valence-corrected chi connectivity index (χ0v) is 14.0. The van der Waals surface area contributed by atoms with Gasteiger partial charge in [0.25, 0.3) is 17.7 Å². The number of nitrogens with zero attached hydrogens (tertiary/aromatic N) is 2. The van der Waals surface area contributed by atoms with Crippen LogP contribution < -0.4 is 5.32 Å². The minimum absolute atomic E-state index is 0.105. The second-order valence-corrected chi connectivity index (χ2v) is 6.31. The van der Waals surface area contributed by atoms with Gasteiger partial charge in [-0.25, -0.2) is 0 Å². The van der Waals surface area contributed by atoms with E-state index in [1.165, 1.54) is 17.0 Å². The van der Waals surface area contributed by atoms with Gasteiger partial charge in [-0.05, 0) is 43.2 Å². The molecular formula is C19H17N3O4. The lowest BCUT2D eigenvalue weighted by Gasteiger charge is -2.17. The second kappa shape index (κ2) is 6.68. The summed E-state index contributed by atoms with van der Waals surface area (Å²) >= 11 is 0. The number of anilines is 1. The summed E-state index contributed by atoms with van der Waals surface area (Å²) < 4.78 is 5.52. The first-order valence-electron chi connectivity index (χ1n) is 8.47. The number of pyridine rings is 1. The topological polar surface area (TPSA) is 88.6 Å². The Morgan fingerprint density at radius 2 is 1.92 bits per heavy atom. The van der Waals surface area contributed by atoms with Gasteiger partial charge in [0.15, 0.2) is 0 Å². The van der Waals surface area contributed by atoms with Gasteiger partial charge in [0, 0.05) is 30.3 Å². The molecule has 2 aliphatic heterocycles. The summed E-state index contributed by atoms with van der Waals surface area (Å²) in [7, 11) is 0. The predicted molar refractivity (Wildman–Crippen MR) is 93.0 cm³/mol. The number of imide groups is 1. The molecule has 1 fully saturated rings. The smallest absolute Gasteiger partial charge is 0.261 e. The molecule has 0 radical (unpaired) electrons.